The largest absolute Gasteiger partial charge is 0.394 e. The zero-order valence-electron chi connectivity index (χ0n) is 21.4. The van der Waals surface area contributed by atoms with E-state index in [2.05, 4.69) is 82.4 Å². The van der Waals surface area contributed by atoms with Crippen molar-refractivity contribution in [2.75, 3.05) is 27.2 Å². The highest BCUT2D eigenvalue weighted by molar-refractivity contribution is 4.98. The molecule has 0 aliphatic rings. The minimum absolute atomic E-state index is 0.474. The highest BCUT2D eigenvalue weighted by Gasteiger charge is 2.05. The molecule has 0 amide bonds. The number of aliphatic hydroxyl groups excluding tert-OH is 1. The van der Waals surface area contributed by atoms with Gasteiger partial charge in [-0.05, 0) is 50.1 Å². The van der Waals surface area contributed by atoms with Crippen LogP contribution in [0.2, 0.25) is 0 Å². The van der Waals surface area contributed by atoms with Gasteiger partial charge in [0.25, 0.3) is 0 Å². The van der Waals surface area contributed by atoms with Gasteiger partial charge in [-0.3, -0.25) is 0 Å². The van der Waals surface area contributed by atoms with Crippen molar-refractivity contribution in [1.82, 2.24) is 10.2 Å². The molecular formula is C27H52N2O2. The van der Waals surface area contributed by atoms with Gasteiger partial charge in [0.2, 0.25) is 0 Å². The molecule has 0 radical (unpaired) electrons. The predicted molar refractivity (Wildman–Crippen MR) is 138 cm³/mol. The van der Waals surface area contributed by atoms with Crippen LogP contribution in [0.5, 0.6) is 0 Å². The lowest BCUT2D eigenvalue weighted by Crippen LogP contribution is -2.19. The Hall–Kier alpha value is -1.52. The number of nitrogens with zero attached hydrogens (tertiary/aromatic N) is 1. The van der Waals surface area contributed by atoms with E-state index in [0.717, 1.165) is 32.2 Å². The van der Waals surface area contributed by atoms with E-state index < -0.39 is 6.29 Å². The predicted octanol–water partition coefficient (Wildman–Crippen LogP) is 6.66. The van der Waals surface area contributed by atoms with Crippen LogP contribution in [0, 0.1) is 11.8 Å². The molecule has 31 heavy (non-hydrogen) atoms. The second-order valence-electron chi connectivity index (χ2n) is 8.33. The van der Waals surface area contributed by atoms with Crippen molar-refractivity contribution in [3.8, 4) is 0 Å². The molecule has 3 unspecified atom stereocenters. The van der Waals surface area contributed by atoms with Gasteiger partial charge in [0, 0.05) is 32.8 Å². The number of ether oxygens (including phenoxy) is 1. The summed E-state index contributed by atoms with van der Waals surface area (Å²) in [7, 11) is 3.92. The van der Waals surface area contributed by atoms with Crippen LogP contribution < -0.4 is 5.32 Å². The molecule has 0 rings (SSSR count). The average Bonchev–Trinajstić information content (AvgIpc) is 2.75. The third-order valence-electron chi connectivity index (χ3n) is 4.98. The molecule has 0 aliphatic heterocycles. The quantitative estimate of drug-likeness (QED) is 0.143. The van der Waals surface area contributed by atoms with E-state index in [9.17, 15) is 5.11 Å². The van der Waals surface area contributed by atoms with Crippen LogP contribution in [0.3, 0.4) is 0 Å². The van der Waals surface area contributed by atoms with Gasteiger partial charge in [-0.2, -0.15) is 0 Å². The van der Waals surface area contributed by atoms with Crippen LogP contribution in [-0.2, 0) is 4.74 Å². The van der Waals surface area contributed by atoms with E-state index in [4.69, 9.17) is 4.74 Å². The van der Waals surface area contributed by atoms with Crippen LogP contribution in [0.25, 0.3) is 0 Å². The Kier molecular flexibility index (Phi) is 23.6. The molecule has 0 fully saturated rings. The second kappa shape index (κ2) is 23.1. The lowest BCUT2D eigenvalue weighted by atomic mass is 10.0. The van der Waals surface area contributed by atoms with Gasteiger partial charge in [0.1, 0.15) is 0 Å². The number of nitrogens with one attached hydrogen (secondary N) is 1. The maximum Gasteiger partial charge on any atom is 0.154 e. The smallest absolute Gasteiger partial charge is 0.154 e. The molecule has 0 aromatic heterocycles. The van der Waals surface area contributed by atoms with Crippen LogP contribution in [-0.4, -0.2) is 43.5 Å². The molecule has 0 aromatic rings. The number of hydrogen-bond acceptors (Lipinski definition) is 4. The monoisotopic (exact) mass is 436 g/mol. The molecule has 0 heterocycles. The number of unbranched alkanes of at least 4 members (excludes halogenated alkanes) is 1. The van der Waals surface area contributed by atoms with E-state index in [1.54, 1.807) is 6.20 Å². The number of aliphatic hydroxyl groups is 1. The minimum Gasteiger partial charge on any atom is -0.394 e. The molecule has 0 saturated heterocycles. The first kappa shape index (κ1) is 31.7. The summed E-state index contributed by atoms with van der Waals surface area (Å²) in [6, 6.07) is 0. The van der Waals surface area contributed by atoms with Crippen molar-refractivity contribution >= 4 is 0 Å². The van der Waals surface area contributed by atoms with Gasteiger partial charge in [-0.15, -0.1) is 0 Å². The summed E-state index contributed by atoms with van der Waals surface area (Å²) in [5, 5.41) is 12.6. The summed E-state index contributed by atoms with van der Waals surface area (Å²) in [5.41, 5.74) is 1.19. The normalized spacial score (nSPS) is 14.0. The first-order valence-corrected chi connectivity index (χ1v) is 12.1. The zero-order valence-corrected chi connectivity index (χ0v) is 21.4. The summed E-state index contributed by atoms with van der Waals surface area (Å²) in [6.45, 7) is 18.0. The molecular weight excluding hydrogens is 384 g/mol. The lowest BCUT2D eigenvalue weighted by molar-refractivity contribution is -0.101. The van der Waals surface area contributed by atoms with Gasteiger partial charge >= 0.3 is 0 Å². The highest BCUT2D eigenvalue weighted by Crippen LogP contribution is 2.14. The molecule has 4 heteroatoms. The number of allylic oxidation sites excluding steroid dienone is 4. The first-order valence-electron chi connectivity index (χ1n) is 12.1. The highest BCUT2D eigenvalue weighted by atomic mass is 16.6. The molecule has 4 nitrogen and oxygen atoms in total. The fourth-order valence-electron chi connectivity index (χ4n) is 2.96. The van der Waals surface area contributed by atoms with Gasteiger partial charge in [0.05, 0.1) is 6.61 Å². The Bertz CT molecular complexity index is 474. The van der Waals surface area contributed by atoms with E-state index in [1.165, 1.54) is 25.0 Å². The molecule has 0 spiro atoms. The minimum atomic E-state index is -0.658. The SMILES string of the molecule is C=C(CC(C)/C=C/CCOC(O)CC/C=C/C(C)CCCC)N(C)CCC.C=CNC. The van der Waals surface area contributed by atoms with Crippen molar-refractivity contribution in [3.05, 3.63) is 49.4 Å². The average molecular weight is 437 g/mol. The van der Waals surface area contributed by atoms with Crippen molar-refractivity contribution in [2.24, 2.45) is 11.8 Å². The standard InChI is InChI=1S/C24H45NO2.C3H7N/c1-7-9-14-21(3)15-10-11-17-24(26)27-19-13-12-16-22(4)20-23(5)25(6)18-8-2;1-3-4-2/h10,12,15-16,21-22,24,26H,5,7-9,11,13-14,17-20H2,1-4,6H3;3-4H,1H2,2H3/b15-10+,16-12+;. The fourth-order valence-corrected chi connectivity index (χ4v) is 2.96. The van der Waals surface area contributed by atoms with Crippen molar-refractivity contribution in [3.63, 3.8) is 0 Å². The van der Waals surface area contributed by atoms with E-state index in [0.29, 0.717) is 24.9 Å². The van der Waals surface area contributed by atoms with Gasteiger partial charge in [0.15, 0.2) is 6.29 Å². The number of hydrogen-bond donors (Lipinski definition) is 2. The van der Waals surface area contributed by atoms with Crippen molar-refractivity contribution in [2.45, 2.75) is 85.4 Å². The molecule has 0 aromatic carbocycles. The Labute approximate surface area is 194 Å². The molecule has 3 atom stereocenters. The van der Waals surface area contributed by atoms with Crippen LogP contribution in [0.1, 0.15) is 79.1 Å². The summed E-state index contributed by atoms with van der Waals surface area (Å²) < 4.78 is 5.49. The molecule has 0 bridgehead atoms. The second-order valence-corrected chi connectivity index (χ2v) is 8.33. The van der Waals surface area contributed by atoms with Gasteiger partial charge in [-0.1, -0.05) is 78.0 Å². The molecule has 0 saturated carbocycles. The summed E-state index contributed by atoms with van der Waals surface area (Å²) in [4.78, 5) is 2.24. The third kappa shape index (κ3) is 23.0. The van der Waals surface area contributed by atoms with Gasteiger partial charge in [-0.25, -0.2) is 0 Å². The molecule has 2 N–H and O–H groups in total. The Morgan fingerprint density at radius 1 is 1.06 bits per heavy atom. The molecule has 0 aliphatic carbocycles. The van der Waals surface area contributed by atoms with E-state index in [1.807, 2.05) is 7.05 Å². The maximum absolute atomic E-state index is 9.90. The summed E-state index contributed by atoms with van der Waals surface area (Å²) in [5.74, 6) is 1.11. The Morgan fingerprint density at radius 2 is 1.68 bits per heavy atom. The lowest BCUT2D eigenvalue weighted by Gasteiger charge is -2.22. The number of rotatable bonds is 18. The van der Waals surface area contributed by atoms with Crippen molar-refractivity contribution < 1.29 is 9.84 Å². The summed E-state index contributed by atoms with van der Waals surface area (Å²) >= 11 is 0. The molecule has 182 valence electrons. The van der Waals surface area contributed by atoms with Crippen molar-refractivity contribution in [1.29, 1.82) is 0 Å². The van der Waals surface area contributed by atoms with E-state index in [-0.39, 0.29) is 0 Å². The first-order chi connectivity index (χ1) is 14.8. The van der Waals surface area contributed by atoms with Crippen LogP contribution in [0.15, 0.2) is 49.4 Å². The topological polar surface area (TPSA) is 44.7 Å². The summed E-state index contributed by atoms with van der Waals surface area (Å²) in [6.07, 6.45) is 18.1. The third-order valence-corrected chi connectivity index (χ3v) is 4.98. The maximum atomic E-state index is 9.90. The van der Waals surface area contributed by atoms with Crippen LogP contribution in [0.4, 0.5) is 0 Å². The van der Waals surface area contributed by atoms with E-state index >= 15 is 0 Å². The fraction of sp³-hybridized carbons (Fsp3) is 0.704. The Balaban J connectivity index is 0. The Morgan fingerprint density at radius 3 is 2.26 bits per heavy atom. The van der Waals surface area contributed by atoms with Crippen LogP contribution >= 0.6 is 0 Å². The zero-order chi connectivity index (χ0) is 23.9. The van der Waals surface area contributed by atoms with Gasteiger partial charge < -0.3 is 20.1 Å².